The molecule has 0 atom stereocenters. The monoisotopic (exact) mass is 446 g/mol. The smallest absolute Gasteiger partial charge is 0.224 e. The molecule has 3 aromatic heterocycles. The van der Waals surface area contributed by atoms with Crippen molar-refractivity contribution in [3.8, 4) is 17.3 Å². The summed E-state index contributed by atoms with van der Waals surface area (Å²) in [7, 11) is 3.82. The highest BCUT2D eigenvalue weighted by Gasteiger charge is 2.27. The van der Waals surface area contributed by atoms with Crippen molar-refractivity contribution in [1.82, 2.24) is 29.5 Å². The Labute approximate surface area is 194 Å². The number of aryl methyl sites for hydroxylation is 1. The van der Waals surface area contributed by atoms with Gasteiger partial charge in [0.05, 0.1) is 18.2 Å². The summed E-state index contributed by atoms with van der Waals surface area (Å²) in [4.78, 5) is 26.6. The molecule has 0 radical (unpaired) electrons. The van der Waals surface area contributed by atoms with Gasteiger partial charge in [0.25, 0.3) is 0 Å². The van der Waals surface area contributed by atoms with E-state index in [9.17, 15) is 0 Å². The second-order valence-corrected chi connectivity index (χ2v) is 8.43. The number of nitriles is 1. The fourth-order valence-corrected chi connectivity index (χ4v) is 4.31. The molecule has 0 aliphatic carbocycles. The molecule has 0 aromatic carbocycles. The number of aromatic nitrogens is 6. The average molecular weight is 447 g/mol. The second kappa shape index (κ2) is 9.81. The number of imidazole rings is 1. The van der Waals surface area contributed by atoms with Gasteiger partial charge >= 0.3 is 0 Å². The molecule has 10 nitrogen and oxygen atoms in total. The van der Waals surface area contributed by atoms with Crippen LogP contribution in [0, 0.1) is 11.3 Å². The van der Waals surface area contributed by atoms with Gasteiger partial charge in [-0.05, 0) is 19.3 Å². The lowest BCUT2D eigenvalue weighted by Gasteiger charge is -2.33. The van der Waals surface area contributed by atoms with Crippen molar-refractivity contribution in [3.05, 3.63) is 36.3 Å². The summed E-state index contributed by atoms with van der Waals surface area (Å²) in [6.45, 7) is 4.44. The average Bonchev–Trinajstić information content (AvgIpc) is 3.27. The Kier molecular flexibility index (Phi) is 6.68. The van der Waals surface area contributed by atoms with Crippen LogP contribution in [0.2, 0.25) is 0 Å². The molecule has 10 heteroatoms. The quantitative estimate of drug-likeness (QED) is 0.583. The summed E-state index contributed by atoms with van der Waals surface area (Å²) in [6.07, 6.45) is 10.3. The van der Waals surface area contributed by atoms with Crippen molar-refractivity contribution in [3.63, 3.8) is 0 Å². The third-order valence-electron chi connectivity index (χ3n) is 6.08. The molecule has 4 rings (SSSR count). The SMILES string of the molecule is CCc1c(N)ncnc1N1CCC(c2nc(-c3cnc(N(C)C)nc3)cn2CCC#N)CC1. The lowest BCUT2D eigenvalue weighted by atomic mass is 9.95. The summed E-state index contributed by atoms with van der Waals surface area (Å²) >= 11 is 0. The van der Waals surface area contributed by atoms with Gasteiger partial charge in [-0.15, -0.1) is 0 Å². The van der Waals surface area contributed by atoms with Crippen molar-refractivity contribution in [2.75, 3.05) is 42.7 Å². The maximum atomic E-state index is 9.13. The van der Waals surface area contributed by atoms with Crippen LogP contribution in [0.4, 0.5) is 17.6 Å². The minimum atomic E-state index is 0.305. The predicted molar refractivity (Wildman–Crippen MR) is 128 cm³/mol. The number of nitrogens with zero attached hydrogens (tertiary/aromatic N) is 9. The van der Waals surface area contributed by atoms with Crippen molar-refractivity contribution in [1.29, 1.82) is 5.26 Å². The van der Waals surface area contributed by atoms with E-state index in [4.69, 9.17) is 16.0 Å². The van der Waals surface area contributed by atoms with E-state index in [1.807, 2.05) is 25.2 Å². The van der Waals surface area contributed by atoms with Crippen LogP contribution in [0.1, 0.15) is 43.5 Å². The standard InChI is InChI=1S/C23H30N10/c1-4-18-20(25)28-15-29-22(18)32-10-6-16(7-11-32)21-30-19(14-33(21)9-5-8-24)17-12-26-23(27-13-17)31(2)3/h12-16H,4-7,9-11H2,1-3H3,(H2,25,28,29). The number of hydrogen-bond donors (Lipinski definition) is 1. The molecular weight excluding hydrogens is 416 g/mol. The van der Waals surface area contributed by atoms with Gasteiger partial charge in [0.1, 0.15) is 23.8 Å². The van der Waals surface area contributed by atoms with Crippen LogP contribution >= 0.6 is 0 Å². The van der Waals surface area contributed by atoms with Gasteiger partial charge in [-0.1, -0.05) is 6.92 Å². The first-order chi connectivity index (χ1) is 16.0. The van der Waals surface area contributed by atoms with E-state index in [-0.39, 0.29) is 0 Å². The molecule has 0 saturated carbocycles. The van der Waals surface area contributed by atoms with Gasteiger partial charge in [-0.25, -0.2) is 24.9 Å². The number of rotatable bonds is 7. The maximum absolute atomic E-state index is 9.13. The lowest BCUT2D eigenvalue weighted by Crippen LogP contribution is -2.35. The van der Waals surface area contributed by atoms with Gasteiger partial charge in [0.2, 0.25) is 5.95 Å². The van der Waals surface area contributed by atoms with E-state index in [0.717, 1.165) is 60.8 Å². The molecular formula is C23H30N10. The molecule has 1 saturated heterocycles. The van der Waals surface area contributed by atoms with Gasteiger partial charge in [-0.2, -0.15) is 5.26 Å². The normalized spacial score (nSPS) is 14.3. The Morgan fingerprint density at radius 2 is 1.88 bits per heavy atom. The molecule has 4 heterocycles. The molecule has 0 unspecified atom stereocenters. The van der Waals surface area contributed by atoms with E-state index in [1.165, 1.54) is 0 Å². The zero-order valence-corrected chi connectivity index (χ0v) is 19.4. The molecule has 0 spiro atoms. The van der Waals surface area contributed by atoms with Crippen LogP contribution < -0.4 is 15.5 Å². The molecule has 0 bridgehead atoms. The second-order valence-electron chi connectivity index (χ2n) is 8.43. The van der Waals surface area contributed by atoms with E-state index >= 15 is 0 Å². The Morgan fingerprint density at radius 3 is 2.52 bits per heavy atom. The summed E-state index contributed by atoms with van der Waals surface area (Å²) in [5.74, 6) is 3.49. The maximum Gasteiger partial charge on any atom is 0.224 e. The van der Waals surface area contributed by atoms with Crippen LogP contribution in [0.25, 0.3) is 11.3 Å². The summed E-state index contributed by atoms with van der Waals surface area (Å²) in [5.41, 5.74) is 8.80. The molecule has 172 valence electrons. The molecule has 1 fully saturated rings. The number of anilines is 3. The van der Waals surface area contributed by atoms with Crippen LogP contribution in [0.3, 0.4) is 0 Å². The fourth-order valence-electron chi connectivity index (χ4n) is 4.31. The van der Waals surface area contributed by atoms with E-state index in [1.54, 1.807) is 18.7 Å². The molecule has 0 amide bonds. The Balaban J connectivity index is 1.55. The van der Waals surface area contributed by atoms with Crippen molar-refractivity contribution in [2.24, 2.45) is 0 Å². The minimum absolute atomic E-state index is 0.305. The highest BCUT2D eigenvalue weighted by molar-refractivity contribution is 5.58. The van der Waals surface area contributed by atoms with E-state index in [0.29, 0.717) is 30.6 Å². The van der Waals surface area contributed by atoms with Gasteiger partial charge < -0.3 is 20.1 Å². The zero-order chi connectivity index (χ0) is 23.4. The van der Waals surface area contributed by atoms with Crippen LogP contribution in [-0.2, 0) is 13.0 Å². The summed E-state index contributed by atoms with van der Waals surface area (Å²) < 4.78 is 2.12. The highest BCUT2D eigenvalue weighted by Crippen LogP contribution is 2.33. The molecule has 2 N–H and O–H groups in total. The van der Waals surface area contributed by atoms with E-state index < -0.39 is 0 Å². The summed E-state index contributed by atoms with van der Waals surface area (Å²) in [5, 5.41) is 9.13. The van der Waals surface area contributed by atoms with Crippen LogP contribution in [0.5, 0.6) is 0 Å². The number of piperidine rings is 1. The van der Waals surface area contributed by atoms with Crippen molar-refractivity contribution >= 4 is 17.6 Å². The van der Waals surface area contributed by atoms with E-state index in [2.05, 4.69) is 42.4 Å². The topological polar surface area (TPSA) is 126 Å². The zero-order valence-electron chi connectivity index (χ0n) is 19.4. The molecule has 3 aromatic rings. The largest absolute Gasteiger partial charge is 0.383 e. The third kappa shape index (κ3) is 4.72. The first-order valence-corrected chi connectivity index (χ1v) is 11.3. The summed E-state index contributed by atoms with van der Waals surface area (Å²) in [6, 6.07) is 2.25. The first kappa shape index (κ1) is 22.5. The lowest BCUT2D eigenvalue weighted by molar-refractivity contribution is 0.463. The number of nitrogen functional groups attached to an aromatic ring is 1. The predicted octanol–water partition coefficient (Wildman–Crippen LogP) is 2.64. The minimum Gasteiger partial charge on any atom is -0.383 e. The molecule has 1 aliphatic rings. The number of hydrogen-bond acceptors (Lipinski definition) is 9. The van der Waals surface area contributed by atoms with Gasteiger partial charge in [-0.3, -0.25) is 0 Å². The fraction of sp³-hybridized carbons (Fsp3) is 0.478. The Hall–Kier alpha value is -3.74. The highest BCUT2D eigenvalue weighted by atomic mass is 15.2. The Morgan fingerprint density at radius 1 is 1.15 bits per heavy atom. The van der Waals surface area contributed by atoms with Gasteiger partial charge in [0, 0.05) is 69.4 Å². The third-order valence-corrected chi connectivity index (χ3v) is 6.08. The molecule has 33 heavy (non-hydrogen) atoms. The Bertz CT molecular complexity index is 1120. The van der Waals surface area contributed by atoms with Crippen molar-refractivity contribution < 1.29 is 0 Å². The van der Waals surface area contributed by atoms with Gasteiger partial charge in [0.15, 0.2) is 0 Å². The van der Waals surface area contributed by atoms with Crippen molar-refractivity contribution in [2.45, 2.75) is 45.1 Å². The molecule has 1 aliphatic heterocycles. The van der Waals surface area contributed by atoms with Crippen LogP contribution in [-0.4, -0.2) is 56.7 Å². The first-order valence-electron chi connectivity index (χ1n) is 11.3. The number of nitrogens with two attached hydrogens (primary N) is 1. The van der Waals surface area contributed by atoms with Crippen LogP contribution in [0.15, 0.2) is 24.9 Å².